The SMILES string of the molecule is O=C(Nc1ccc(Cl)cc1C(F)(F)F)C(F)(F)C(F)F. The molecule has 0 aromatic heterocycles. The number of benzene rings is 1. The van der Waals surface area contributed by atoms with E-state index in [9.17, 15) is 35.5 Å². The molecule has 0 spiro atoms. The molecule has 1 amide bonds. The number of nitrogens with one attached hydrogen (secondary N) is 1. The van der Waals surface area contributed by atoms with Gasteiger partial charge in [0.15, 0.2) is 0 Å². The van der Waals surface area contributed by atoms with Crippen LogP contribution < -0.4 is 5.32 Å². The number of halogens is 8. The molecule has 1 aromatic rings. The molecule has 0 atom stereocenters. The van der Waals surface area contributed by atoms with Gasteiger partial charge in [-0.2, -0.15) is 22.0 Å². The fourth-order valence-corrected chi connectivity index (χ4v) is 1.34. The summed E-state index contributed by atoms with van der Waals surface area (Å²) in [5.74, 6) is -7.65. The molecule has 20 heavy (non-hydrogen) atoms. The quantitative estimate of drug-likeness (QED) is 0.830. The van der Waals surface area contributed by atoms with Gasteiger partial charge in [-0.3, -0.25) is 4.79 Å². The highest BCUT2D eigenvalue weighted by Crippen LogP contribution is 2.37. The maximum absolute atomic E-state index is 12.7. The van der Waals surface area contributed by atoms with Crippen molar-refractivity contribution in [2.24, 2.45) is 0 Å². The molecule has 1 rings (SSSR count). The summed E-state index contributed by atoms with van der Waals surface area (Å²) in [4.78, 5) is 10.9. The molecule has 1 N–H and O–H groups in total. The van der Waals surface area contributed by atoms with Crippen molar-refractivity contribution in [3.8, 4) is 0 Å². The van der Waals surface area contributed by atoms with Crippen LogP contribution in [0.5, 0.6) is 0 Å². The number of carbonyl (C=O) groups excluding carboxylic acids is 1. The van der Waals surface area contributed by atoms with Crippen molar-refractivity contribution in [3.05, 3.63) is 28.8 Å². The molecule has 0 aliphatic rings. The van der Waals surface area contributed by atoms with Crippen LogP contribution in [0.2, 0.25) is 5.02 Å². The first-order chi connectivity index (χ1) is 8.96. The first-order valence-corrected chi connectivity index (χ1v) is 5.18. The third kappa shape index (κ3) is 3.53. The van der Waals surface area contributed by atoms with Gasteiger partial charge in [0.1, 0.15) is 0 Å². The Kier molecular flexibility index (Phi) is 4.52. The number of hydrogen-bond acceptors (Lipinski definition) is 1. The Morgan fingerprint density at radius 1 is 1.15 bits per heavy atom. The highest BCUT2D eigenvalue weighted by atomic mass is 35.5. The molecule has 0 aliphatic carbocycles. The van der Waals surface area contributed by atoms with Crippen LogP contribution in [-0.4, -0.2) is 18.3 Å². The molecule has 0 bridgehead atoms. The molecule has 112 valence electrons. The minimum atomic E-state index is -5.11. The van der Waals surface area contributed by atoms with E-state index in [1.54, 1.807) is 0 Å². The Labute approximate surface area is 112 Å². The number of amides is 1. The van der Waals surface area contributed by atoms with E-state index >= 15 is 0 Å². The third-order valence-corrected chi connectivity index (χ3v) is 2.35. The van der Waals surface area contributed by atoms with Crippen LogP contribution in [0.15, 0.2) is 18.2 Å². The monoisotopic (exact) mass is 323 g/mol. The minimum Gasteiger partial charge on any atom is -0.320 e. The third-order valence-electron chi connectivity index (χ3n) is 2.11. The predicted molar refractivity (Wildman–Crippen MR) is 56.0 cm³/mol. The van der Waals surface area contributed by atoms with Crippen LogP contribution >= 0.6 is 11.6 Å². The molecule has 2 nitrogen and oxygen atoms in total. The lowest BCUT2D eigenvalue weighted by Gasteiger charge is -2.18. The Bertz CT molecular complexity index is 515. The number of rotatable bonds is 3. The van der Waals surface area contributed by atoms with Crippen molar-refractivity contribution in [2.75, 3.05) is 5.32 Å². The summed E-state index contributed by atoms with van der Waals surface area (Å²) >= 11 is 5.32. The second-order valence-corrected chi connectivity index (χ2v) is 4.00. The van der Waals surface area contributed by atoms with Crippen LogP contribution in [-0.2, 0) is 11.0 Å². The fraction of sp³-hybridized carbons (Fsp3) is 0.300. The van der Waals surface area contributed by atoms with Crippen molar-refractivity contribution >= 4 is 23.2 Å². The van der Waals surface area contributed by atoms with Gasteiger partial charge >= 0.3 is 24.4 Å². The van der Waals surface area contributed by atoms with Gasteiger partial charge in [0, 0.05) is 5.02 Å². The van der Waals surface area contributed by atoms with E-state index < -0.39 is 35.7 Å². The highest BCUT2D eigenvalue weighted by molar-refractivity contribution is 6.30. The van der Waals surface area contributed by atoms with Crippen molar-refractivity contribution in [3.63, 3.8) is 0 Å². The summed E-state index contributed by atoms with van der Waals surface area (Å²) in [6.07, 6.45) is -9.35. The Hall–Kier alpha value is -1.51. The Balaban J connectivity index is 3.14. The summed E-state index contributed by atoms with van der Waals surface area (Å²) < 4.78 is 86.9. The van der Waals surface area contributed by atoms with E-state index in [-0.39, 0.29) is 5.02 Å². The van der Waals surface area contributed by atoms with E-state index in [1.165, 1.54) is 0 Å². The summed E-state index contributed by atoms with van der Waals surface area (Å²) in [5, 5.41) is 0.753. The zero-order valence-corrected chi connectivity index (χ0v) is 10.00. The fourth-order valence-electron chi connectivity index (χ4n) is 1.16. The van der Waals surface area contributed by atoms with Crippen molar-refractivity contribution < 1.29 is 35.5 Å². The molecule has 0 unspecified atom stereocenters. The largest absolute Gasteiger partial charge is 0.418 e. The van der Waals surface area contributed by atoms with E-state index in [4.69, 9.17) is 11.6 Å². The van der Waals surface area contributed by atoms with Gasteiger partial charge in [-0.05, 0) is 18.2 Å². The summed E-state index contributed by atoms with van der Waals surface area (Å²) in [7, 11) is 0. The van der Waals surface area contributed by atoms with Gasteiger partial charge in [0.05, 0.1) is 11.3 Å². The average Bonchev–Trinajstić information content (AvgIpc) is 2.29. The number of carbonyl (C=O) groups is 1. The van der Waals surface area contributed by atoms with E-state index in [2.05, 4.69) is 0 Å². The maximum atomic E-state index is 12.7. The Morgan fingerprint density at radius 3 is 2.15 bits per heavy atom. The first-order valence-electron chi connectivity index (χ1n) is 4.80. The van der Waals surface area contributed by atoms with Crippen molar-refractivity contribution in [1.29, 1.82) is 0 Å². The topological polar surface area (TPSA) is 29.1 Å². The summed E-state index contributed by atoms with van der Waals surface area (Å²) in [5.41, 5.74) is -2.62. The second-order valence-electron chi connectivity index (χ2n) is 3.57. The van der Waals surface area contributed by atoms with Gasteiger partial charge in [0.2, 0.25) is 0 Å². The number of anilines is 1. The molecule has 10 heteroatoms. The summed E-state index contributed by atoms with van der Waals surface area (Å²) in [6, 6.07) is 1.84. The first kappa shape index (κ1) is 16.5. The molecular formula is C10H5ClF7NO. The Morgan fingerprint density at radius 2 is 1.70 bits per heavy atom. The van der Waals surface area contributed by atoms with Crippen LogP contribution in [0, 0.1) is 0 Å². The molecule has 0 saturated carbocycles. The zero-order valence-electron chi connectivity index (χ0n) is 9.24. The molecule has 0 saturated heterocycles. The molecule has 1 aromatic carbocycles. The van der Waals surface area contributed by atoms with E-state index in [0.29, 0.717) is 12.1 Å². The smallest absolute Gasteiger partial charge is 0.320 e. The van der Waals surface area contributed by atoms with Gasteiger partial charge < -0.3 is 5.32 Å². The average molecular weight is 324 g/mol. The number of alkyl halides is 7. The van der Waals surface area contributed by atoms with Gasteiger partial charge in [-0.15, -0.1) is 0 Å². The van der Waals surface area contributed by atoms with E-state index in [0.717, 1.165) is 11.4 Å². The minimum absolute atomic E-state index is 0.365. The van der Waals surface area contributed by atoms with Crippen molar-refractivity contribution in [2.45, 2.75) is 18.5 Å². The lowest BCUT2D eigenvalue weighted by molar-refractivity contribution is -0.163. The lowest BCUT2D eigenvalue weighted by Crippen LogP contribution is -2.41. The molecule has 0 aliphatic heterocycles. The summed E-state index contributed by atoms with van der Waals surface area (Å²) in [6.45, 7) is 0. The van der Waals surface area contributed by atoms with Crippen LogP contribution in [0.1, 0.15) is 5.56 Å². The molecule has 0 fully saturated rings. The molecular weight excluding hydrogens is 319 g/mol. The van der Waals surface area contributed by atoms with Gasteiger partial charge in [0.25, 0.3) is 0 Å². The molecule has 0 radical (unpaired) electrons. The van der Waals surface area contributed by atoms with Crippen LogP contribution in [0.3, 0.4) is 0 Å². The van der Waals surface area contributed by atoms with Crippen LogP contribution in [0.25, 0.3) is 0 Å². The second kappa shape index (κ2) is 5.47. The molecule has 0 heterocycles. The predicted octanol–water partition coefficient (Wildman–Crippen LogP) is 4.20. The van der Waals surface area contributed by atoms with Crippen LogP contribution in [0.4, 0.5) is 36.4 Å². The van der Waals surface area contributed by atoms with E-state index in [1.807, 2.05) is 0 Å². The number of hydrogen-bond donors (Lipinski definition) is 1. The standard InChI is InChI=1S/C10H5ClF7NO/c11-4-1-2-6(5(3-4)10(16,17)18)19-8(20)9(14,15)7(12)13/h1-3,7H,(H,19,20). The van der Waals surface area contributed by atoms with Gasteiger partial charge in [-0.1, -0.05) is 11.6 Å². The maximum Gasteiger partial charge on any atom is 0.418 e. The van der Waals surface area contributed by atoms with Crippen molar-refractivity contribution in [1.82, 2.24) is 0 Å². The normalized spacial score (nSPS) is 12.7. The van der Waals surface area contributed by atoms with Gasteiger partial charge in [-0.25, -0.2) is 8.78 Å². The zero-order chi connectivity index (χ0) is 15.7. The lowest BCUT2D eigenvalue weighted by atomic mass is 10.1. The highest BCUT2D eigenvalue weighted by Gasteiger charge is 2.49.